The van der Waals surface area contributed by atoms with Crippen molar-refractivity contribution in [3.8, 4) is 0 Å². The summed E-state index contributed by atoms with van der Waals surface area (Å²) in [6.07, 6.45) is 2.42. The fourth-order valence-electron chi connectivity index (χ4n) is 3.46. The number of nitrogens with zero attached hydrogens (tertiary/aromatic N) is 2. The minimum atomic E-state index is -0.438. The van der Waals surface area contributed by atoms with Crippen molar-refractivity contribution in [3.05, 3.63) is 66.4 Å². The first-order chi connectivity index (χ1) is 16.2. The summed E-state index contributed by atoms with van der Waals surface area (Å²) in [5.41, 5.74) is 2.25. The molecule has 3 amide bonds. The van der Waals surface area contributed by atoms with E-state index in [1.54, 1.807) is 43.5 Å². The predicted octanol–water partition coefficient (Wildman–Crippen LogP) is 5.78. The molecule has 0 bridgehead atoms. The number of rotatable bonds is 6. The standard InChI is InChI=1S/C26H31N5O3/c1-6-22(26(3,4)5)34-31-17(2)28-25(33)30-20-14-12-19(13-15-20)29-24(32)21-11-7-9-18-10-8-16-27-23(18)21/h7-16,22H,6H2,1-5H3,(H,29,32)(H2,28,30,31,33). The number of benzene rings is 2. The van der Waals surface area contributed by atoms with Crippen LogP contribution in [0.1, 0.15) is 51.4 Å². The first kappa shape index (κ1) is 24.7. The number of fused-ring (bicyclic) bond motifs is 1. The normalized spacial score (nSPS) is 12.7. The van der Waals surface area contributed by atoms with Crippen molar-refractivity contribution in [2.45, 2.75) is 47.1 Å². The van der Waals surface area contributed by atoms with Crippen molar-refractivity contribution in [3.63, 3.8) is 0 Å². The van der Waals surface area contributed by atoms with Gasteiger partial charge in [-0.05, 0) is 49.7 Å². The van der Waals surface area contributed by atoms with Crippen molar-refractivity contribution in [1.29, 1.82) is 0 Å². The number of carbonyl (C=O) groups is 2. The van der Waals surface area contributed by atoms with Gasteiger partial charge in [-0.25, -0.2) is 4.79 Å². The molecule has 3 N–H and O–H groups in total. The molecular weight excluding hydrogens is 430 g/mol. The van der Waals surface area contributed by atoms with Crippen LogP contribution in [0.3, 0.4) is 0 Å². The van der Waals surface area contributed by atoms with Gasteiger partial charge in [0.25, 0.3) is 5.91 Å². The molecule has 0 radical (unpaired) electrons. The van der Waals surface area contributed by atoms with Crippen LogP contribution in [0.5, 0.6) is 0 Å². The number of urea groups is 1. The minimum Gasteiger partial charge on any atom is -0.391 e. The van der Waals surface area contributed by atoms with Gasteiger partial charge in [-0.3, -0.25) is 15.1 Å². The molecule has 0 aliphatic carbocycles. The smallest absolute Gasteiger partial charge is 0.324 e. The van der Waals surface area contributed by atoms with Gasteiger partial charge in [0.1, 0.15) is 11.9 Å². The zero-order valence-electron chi connectivity index (χ0n) is 20.2. The topological polar surface area (TPSA) is 105 Å². The highest BCUT2D eigenvalue weighted by atomic mass is 16.6. The molecule has 3 rings (SSSR count). The van der Waals surface area contributed by atoms with E-state index in [2.05, 4.69) is 46.9 Å². The van der Waals surface area contributed by atoms with Crippen molar-refractivity contribution in [2.75, 3.05) is 10.6 Å². The first-order valence-corrected chi connectivity index (χ1v) is 11.2. The molecule has 0 spiro atoms. The summed E-state index contributed by atoms with van der Waals surface area (Å²) in [6, 6.07) is 15.6. The third kappa shape index (κ3) is 6.54. The van der Waals surface area contributed by atoms with Crippen LogP contribution in [-0.4, -0.2) is 28.9 Å². The Kier molecular flexibility index (Phi) is 7.83. The lowest BCUT2D eigenvalue weighted by molar-refractivity contribution is -0.0173. The van der Waals surface area contributed by atoms with Crippen LogP contribution in [0.25, 0.3) is 10.9 Å². The molecule has 8 heteroatoms. The number of hydrogen-bond acceptors (Lipinski definition) is 5. The summed E-state index contributed by atoms with van der Waals surface area (Å²) in [5.74, 6) is 0.100. The van der Waals surface area contributed by atoms with E-state index in [0.29, 0.717) is 28.3 Å². The molecule has 34 heavy (non-hydrogen) atoms. The number of anilines is 2. The average molecular weight is 462 g/mol. The highest BCUT2D eigenvalue weighted by molar-refractivity contribution is 6.12. The molecular formula is C26H31N5O3. The van der Waals surface area contributed by atoms with Crippen LogP contribution in [-0.2, 0) is 4.84 Å². The first-order valence-electron chi connectivity index (χ1n) is 11.2. The minimum absolute atomic E-state index is 0.0535. The summed E-state index contributed by atoms with van der Waals surface area (Å²) in [7, 11) is 0. The number of para-hydroxylation sites is 1. The van der Waals surface area contributed by atoms with E-state index < -0.39 is 6.03 Å². The van der Waals surface area contributed by atoms with Crippen LogP contribution in [0.4, 0.5) is 16.2 Å². The number of hydrogen-bond donors (Lipinski definition) is 3. The lowest BCUT2D eigenvalue weighted by Crippen LogP contribution is -2.34. The fourth-order valence-corrected chi connectivity index (χ4v) is 3.46. The lowest BCUT2D eigenvalue weighted by Gasteiger charge is -2.27. The molecule has 0 aliphatic rings. The molecule has 1 heterocycles. The zero-order valence-corrected chi connectivity index (χ0v) is 20.2. The van der Waals surface area contributed by atoms with Crippen LogP contribution < -0.4 is 16.0 Å². The number of nitrogens with one attached hydrogen (secondary N) is 3. The second-order valence-corrected chi connectivity index (χ2v) is 9.04. The Bertz CT molecular complexity index is 1180. The van der Waals surface area contributed by atoms with Crippen molar-refractivity contribution in [2.24, 2.45) is 10.6 Å². The predicted molar refractivity (Wildman–Crippen MR) is 136 cm³/mol. The average Bonchev–Trinajstić information content (AvgIpc) is 2.79. The molecule has 0 saturated heterocycles. The number of amidine groups is 1. The van der Waals surface area contributed by atoms with Crippen molar-refractivity contribution in [1.82, 2.24) is 10.3 Å². The van der Waals surface area contributed by atoms with Gasteiger partial charge in [-0.1, -0.05) is 51.0 Å². The number of amides is 3. The van der Waals surface area contributed by atoms with Gasteiger partial charge in [0.05, 0.1) is 11.1 Å². The van der Waals surface area contributed by atoms with Crippen molar-refractivity contribution >= 4 is 40.1 Å². The molecule has 178 valence electrons. The van der Waals surface area contributed by atoms with E-state index in [4.69, 9.17) is 4.84 Å². The largest absolute Gasteiger partial charge is 0.391 e. The number of pyridine rings is 1. The maximum Gasteiger partial charge on any atom is 0.324 e. The highest BCUT2D eigenvalue weighted by Gasteiger charge is 2.25. The SMILES string of the molecule is CCC(O/N=C(\C)NC(=O)Nc1ccc(NC(=O)c2cccc3cccnc23)cc1)C(C)(C)C. The van der Waals surface area contributed by atoms with E-state index in [9.17, 15) is 9.59 Å². The molecule has 2 aromatic carbocycles. The molecule has 1 aromatic heterocycles. The third-order valence-corrected chi connectivity index (χ3v) is 5.23. The number of oxime groups is 1. The Labute approximate surface area is 199 Å². The maximum atomic E-state index is 12.7. The highest BCUT2D eigenvalue weighted by Crippen LogP contribution is 2.25. The third-order valence-electron chi connectivity index (χ3n) is 5.23. The Morgan fingerprint density at radius 3 is 2.29 bits per heavy atom. The van der Waals surface area contributed by atoms with Gasteiger partial charge in [0, 0.05) is 28.4 Å². The number of aromatic nitrogens is 1. The second kappa shape index (κ2) is 10.8. The number of carbonyl (C=O) groups excluding carboxylic acids is 2. The Morgan fingerprint density at radius 1 is 1.00 bits per heavy atom. The van der Waals surface area contributed by atoms with Gasteiger partial charge >= 0.3 is 6.03 Å². The van der Waals surface area contributed by atoms with Crippen LogP contribution in [0.15, 0.2) is 65.9 Å². The monoisotopic (exact) mass is 461 g/mol. The fraction of sp³-hybridized carbons (Fsp3) is 0.308. The van der Waals surface area contributed by atoms with Crippen LogP contribution >= 0.6 is 0 Å². The summed E-state index contributed by atoms with van der Waals surface area (Å²) < 4.78 is 0. The molecule has 0 fully saturated rings. The second-order valence-electron chi connectivity index (χ2n) is 9.04. The molecule has 0 saturated carbocycles. The summed E-state index contributed by atoms with van der Waals surface area (Å²) >= 11 is 0. The molecule has 1 atom stereocenters. The lowest BCUT2D eigenvalue weighted by atomic mass is 9.88. The van der Waals surface area contributed by atoms with Gasteiger partial charge in [0.2, 0.25) is 0 Å². The van der Waals surface area contributed by atoms with Gasteiger partial charge in [-0.2, -0.15) is 0 Å². The summed E-state index contributed by atoms with van der Waals surface area (Å²) in [6.45, 7) is 9.94. The molecule has 0 aliphatic heterocycles. The zero-order chi connectivity index (χ0) is 24.7. The Hall–Kier alpha value is -3.94. The summed E-state index contributed by atoms with van der Waals surface area (Å²) in [5, 5.41) is 13.2. The molecule has 8 nitrogen and oxygen atoms in total. The van der Waals surface area contributed by atoms with E-state index >= 15 is 0 Å². The van der Waals surface area contributed by atoms with Gasteiger partial charge in [0.15, 0.2) is 0 Å². The van der Waals surface area contributed by atoms with Crippen LogP contribution in [0, 0.1) is 5.41 Å². The van der Waals surface area contributed by atoms with Crippen LogP contribution in [0.2, 0.25) is 0 Å². The van der Waals surface area contributed by atoms with E-state index in [1.165, 1.54) is 0 Å². The van der Waals surface area contributed by atoms with Crippen molar-refractivity contribution < 1.29 is 14.4 Å². The Balaban J connectivity index is 1.56. The Morgan fingerprint density at radius 2 is 1.65 bits per heavy atom. The van der Waals surface area contributed by atoms with E-state index in [1.807, 2.05) is 31.2 Å². The van der Waals surface area contributed by atoms with E-state index in [-0.39, 0.29) is 17.4 Å². The van der Waals surface area contributed by atoms with E-state index in [0.717, 1.165) is 11.8 Å². The maximum absolute atomic E-state index is 12.7. The quantitative estimate of drug-likeness (QED) is 0.246. The summed E-state index contributed by atoms with van der Waals surface area (Å²) in [4.78, 5) is 34.9. The van der Waals surface area contributed by atoms with Gasteiger partial charge < -0.3 is 15.5 Å². The van der Waals surface area contributed by atoms with Gasteiger partial charge in [-0.15, -0.1) is 0 Å². The molecule has 1 unspecified atom stereocenters. The molecule has 3 aromatic rings.